The Morgan fingerprint density at radius 1 is 1.21 bits per heavy atom. The van der Waals surface area contributed by atoms with Gasteiger partial charge in [0.2, 0.25) is 0 Å². The van der Waals surface area contributed by atoms with Gasteiger partial charge >= 0.3 is 11.7 Å². The maximum absolute atomic E-state index is 12.8. The van der Waals surface area contributed by atoms with Crippen molar-refractivity contribution < 1.29 is 28.6 Å². The van der Waals surface area contributed by atoms with E-state index in [1.54, 1.807) is 32.3 Å². The first kappa shape index (κ1) is 26.7. The second-order valence-electron chi connectivity index (χ2n) is 8.35. The van der Waals surface area contributed by atoms with E-state index in [4.69, 9.17) is 13.9 Å². The number of allylic oxidation sites excluding steroid dienone is 2. The number of carbonyl (C=O) groups excluding carboxylic acids is 1. The van der Waals surface area contributed by atoms with Crippen molar-refractivity contribution in [2.75, 3.05) is 0 Å². The van der Waals surface area contributed by atoms with Gasteiger partial charge in [-0.15, -0.1) is 0 Å². The lowest BCUT2D eigenvalue weighted by Crippen LogP contribution is -2.16. The van der Waals surface area contributed by atoms with E-state index in [0.717, 1.165) is 24.8 Å². The number of hydrogen-bond donors (Lipinski definition) is 3. The number of amides is 1. The molecule has 2 aromatic rings. The Morgan fingerprint density at radius 3 is 2.65 bits per heavy atom. The lowest BCUT2D eigenvalue weighted by atomic mass is 9.99. The van der Waals surface area contributed by atoms with E-state index in [1.807, 2.05) is 6.07 Å². The summed E-state index contributed by atoms with van der Waals surface area (Å²) in [6.07, 6.45) is 11.6. The van der Waals surface area contributed by atoms with E-state index >= 15 is 0 Å². The highest BCUT2D eigenvalue weighted by molar-refractivity contribution is 6.11. The van der Waals surface area contributed by atoms with Crippen LogP contribution in [0.2, 0.25) is 0 Å². The molecule has 2 aromatic heterocycles. The van der Waals surface area contributed by atoms with Gasteiger partial charge in [-0.25, -0.2) is 9.59 Å². The summed E-state index contributed by atoms with van der Waals surface area (Å²) < 4.78 is 10.8. The van der Waals surface area contributed by atoms with Crippen molar-refractivity contribution in [2.24, 2.45) is 0 Å². The number of furan rings is 1. The molecule has 0 radical (unpaired) electrons. The molecule has 0 aliphatic heterocycles. The fourth-order valence-electron chi connectivity index (χ4n) is 3.49. The molecular formula is C26H33NO7. The van der Waals surface area contributed by atoms with Gasteiger partial charge in [0.05, 0.1) is 6.26 Å². The first-order valence-corrected chi connectivity index (χ1v) is 11.5. The largest absolute Gasteiger partial charge is 0.507 e. The third-order valence-electron chi connectivity index (χ3n) is 5.46. The number of ketones is 1. The molecule has 0 aromatic carbocycles. The van der Waals surface area contributed by atoms with Crippen molar-refractivity contribution in [1.82, 2.24) is 5.32 Å². The normalized spacial score (nSPS) is 12.7. The maximum Gasteiger partial charge on any atom is 0.408 e. The van der Waals surface area contributed by atoms with Crippen molar-refractivity contribution in [3.8, 4) is 5.75 Å². The molecule has 0 spiro atoms. The van der Waals surface area contributed by atoms with Gasteiger partial charge in [-0.2, -0.15) is 0 Å². The summed E-state index contributed by atoms with van der Waals surface area (Å²) >= 11 is 0. The highest BCUT2D eigenvalue weighted by atomic mass is 16.4. The average molecular weight is 472 g/mol. The number of hydrogen-bond acceptors (Lipinski definition) is 6. The van der Waals surface area contributed by atoms with Crippen LogP contribution in [0.15, 0.2) is 49.9 Å². The van der Waals surface area contributed by atoms with Gasteiger partial charge in [0.1, 0.15) is 22.8 Å². The third kappa shape index (κ3) is 8.10. The number of aryl methyl sites for hydroxylation is 1. The van der Waals surface area contributed by atoms with Crippen LogP contribution in [-0.2, 0) is 6.42 Å². The maximum atomic E-state index is 12.8. The van der Waals surface area contributed by atoms with Crippen molar-refractivity contribution in [2.45, 2.75) is 71.6 Å². The molecule has 2 rings (SSSR count). The van der Waals surface area contributed by atoms with Gasteiger partial charge < -0.3 is 19.0 Å². The zero-order valence-electron chi connectivity index (χ0n) is 19.9. The standard InChI is InChI=1S/C26H33NO7/c1-4-5-6-7-11-19-14-20(33-16-19)13-18(3)24(29)23-21(28)15-22(34-25(23)30)17(2)10-8-9-12-27-26(31)32/h9,12-17,27-28H,4-8,10-11H2,1-3H3,(H,31,32)/b12-9+,18-13+. The summed E-state index contributed by atoms with van der Waals surface area (Å²) in [5, 5.41) is 21.0. The van der Waals surface area contributed by atoms with Crippen LogP contribution in [0, 0.1) is 0 Å². The Morgan fingerprint density at radius 2 is 1.97 bits per heavy atom. The van der Waals surface area contributed by atoms with Crippen molar-refractivity contribution in [1.29, 1.82) is 0 Å². The molecule has 0 fully saturated rings. The Bertz CT molecular complexity index is 1090. The number of carbonyl (C=O) groups is 2. The summed E-state index contributed by atoms with van der Waals surface area (Å²) in [7, 11) is 0. The van der Waals surface area contributed by atoms with Crippen LogP contribution in [0.5, 0.6) is 5.75 Å². The molecular weight excluding hydrogens is 438 g/mol. The number of aromatic hydroxyl groups is 1. The Labute approximate surface area is 199 Å². The Balaban J connectivity index is 2.06. The lowest BCUT2D eigenvalue weighted by Gasteiger charge is -2.11. The molecule has 0 saturated heterocycles. The van der Waals surface area contributed by atoms with Crippen LogP contribution >= 0.6 is 0 Å². The summed E-state index contributed by atoms with van der Waals surface area (Å²) in [4.78, 5) is 35.7. The van der Waals surface area contributed by atoms with Crippen LogP contribution < -0.4 is 10.9 Å². The fourth-order valence-corrected chi connectivity index (χ4v) is 3.49. The van der Waals surface area contributed by atoms with Gasteiger partial charge in [-0.3, -0.25) is 10.1 Å². The number of Topliss-reactive ketones (excluding diaryl/α,β-unsaturated/α-hetero) is 1. The highest BCUT2D eigenvalue weighted by Crippen LogP contribution is 2.26. The van der Waals surface area contributed by atoms with E-state index < -0.39 is 28.8 Å². The molecule has 1 atom stereocenters. The molecule has 34 heavy (non-hydrogen) atoms. The number of unbranched alkanes of at least 4 members (excludes halogenated alkanes) is 3. The number of nitrogens with one attached hydrogen (secondary N) is 1. The van der Waals surface area contributed by atoms with E-state index in [1.165, 1.54) is 25.1 Å². The van der Waals surface area contributed by atoms with E-state index in [2.05, 4.69) is 12.2 Å². The monoisotopic (exact) mass is 471 g/mol. The molecule has 8 nitrogen and oxygen atoms in total. The second-order valence-corrected chi connectivity index (χ2v) is 8.35. The molecule has 184 valence electrons. The lowest BCUT2D eigenvalue weighted by molar-refractivity contribution is 0.102. The van der Waals surface area contributed by atoms with Crippen molar-refractivity contribution >= 4 is 18.0 Å². The van der Waals surface area contributed by atoms with Gasteiger partial charge in [-0.05, 0) is 50.3 Å². The zero-order chi connectivity index (χ0) is 25.1. The van der Waals surface area contributed by atoms with Gasteiger partial charge in [0.25, 0.3) is 0 Å². The molecule has 1 amide bonds. The Hall–Kier alpha value is -3.55. The van der Waals surface area contributed by atoms with Crippen LogP contribution in [0.25, 0.3) is 6.08 Å². The van der Waals surface area contributed by atoms with Crippen LogP contribution in [0.1, 0.15) is 92.7 Å². The van der Waals surface area contributed by atoms with Gasteiger partial charge in [-0.1, -0.05) is 39.2 Å². The predicted octanol–water partition coefficient (Wildman–Crippen LogP) is 6.01. The molecule has 3 N–H and O–H groups in total. The summed E-state index contributed by atoms with van der Waals surface area (Å²) in [5.74, 6) is -0.535. The summed E-state index contributed by atoms with van der Waals surface area (Å²) in [5.41, 5.74) is -0.0245. The minimum atomic E-state index is -1.15. The Kier molecular flexibility index (Phi) is 10.4. The molecule has 1 unspecified atom stereocenters. The summed E-state index contributed by atoms with van der Waals surface area (Å²) in [6, 6.07) is 3.16. The SMILES string of the molecule is CCCCCCc1coc(/C=C(\C)C(=O)c2c(O)cc(C(C)CC/C=C/NC(=O)O)oc2=O)c1. The minimum absolute atomic E-state index is 0.229. The number of carboxylic acid groups (broad SMARTS) is 1. The minimum Gasteiger partial charge on any atom is -0.507 e. The fraction of sp³-hybridized carbons (Fsp3) is 0.423. The van der Waals surface area contributed by atoms with E-state index in [9.17, 15) is 19.5 Å². The second kappa shape index (κ2) is 13.2. The van der Waals surface area contributed by atoms with Gasteiger partial charge in [0.15, 0.2) is 5.78 Å². The molecule has 2 heterocycles. The van der Waals surface area contributed by atoms with Crippen LogP contribution in [-0.4, -0.2) is 22.1 Å². The molecule has 0 aliphatic carbocycles. The van der Waals surface area contributed by atoms with Crippen LogP contribution in [0.3, 0.4) is 0 Å². The topological polar surface area (TPSA) is 130 Å². The van der Waals surface area contributed by atoms with Crippen molar-refractivity contribution in [3.05, 3.63) is 69.3 Å². The third-order valence-corrected chi connectivity index (χ3v) is 5.46. The van der Waals surface area contributed by atoms with Gasteiger partial charge in [0, 0.05) is 23.8 Å². The zero-order valence-corrected chi connectivity index (χ0v) is 19.9. The quantitative estimate of drug-likeness (QED) is 0.185. The number of rotatable bonds is 13. The predicted molar refractivity (Wildman–Crippen MR) is 129 cm³/mol. The molecule has 0 saturated carbocycles. The van der Waals surface area contributed by atoms with E-state index in [0.29, 0.717) is 18.6 Å². The first-order chi connectivity index (χ1) is 16.2. The smallest absolute Gasteiger partial charge is 0.408 e. The first-order valence-electron chi connectivity index (χ1n) is 11.5. The van der Waals surface area contributed by atoms with Crippen LogP contribution in [0.4, 0.5) is 4.79 Å². The average Bonchev–Trinajstić information content (AvgIpc) is 3.22. The van der Waals surface area contributed by atoms with Crippen molar-refractivity contribution in [3.63, 3.8) is 0 Å². The molecule has 0 aliphatic rings. The van der Waals surface area contributed by atoms with E-state index in [-0.39, 0.29) is 17.3 Å². The molecule has 0 bridgehead atoms. The summed E-state index contributed by atoms with van der Waals surface area (Å²) in [6.45, 7) is 5.52. The molecule has 8 heteroatoms. The highest BCUT2D eigenvalue weighted by Gasteiger charge is 2.22.